The summed E-state index contributed by atoms with van der Waals surface area (Å²) < 4.78 is 5.16. The van der Waals surface area contributed by atoms with E-state index in [4.69, 9.17) is 10.2 Å². The zero-order valence-electron chi connectivity index (χ0n) is 10.7. The van der Waals surface area contributed by atoms with Crippen LogP contribution in [0.25, 0.3) is 6.08 Å². The van der Waals surface area contributed by atoms with Gasteiger partial charge in [-0.05, 0) is 44.4 Å². The molecule has 1 amide bonds. The summed E-state index contributed by atoms with van der Waals surface area (Å²) in [4.78, 5) is 14.0. The molecule has 1 aliphatic rings. The van der Waals surface area contributed by atoms with Crippen LogP contribution in [0.15, 0.2) is 28.9 Å². The fourth-order valence-electron chi connectivity index (χ4n) is 2.41. The normalized spacial score (nSPS) is 22.3. The van der Waals surface area contributed by atoms with Gasteiger partial charge in [0, 0.05) is 24.7 Å². The van der Waals surface area contributed by atoms with E-state index in [1.165, 1.54) is 0 Å². The lowest BCUT2D eigenvalue weighted by atomic mass is 9.97. The van der Waals surface area contributed by atoms with Gasteiger partial charge in [0.25, 0.3) is 0 Å². The Kier molecular flexibility index (Phi) is 4.20. The number of hydrogen-bond acceptors (Lipinski definition) is 3. The smallest absolute Gasteiger partial charge is 0.246 e. The Morgan fingerprint density at radius 2 is 2.44 bits per heavy atom. The number of hydrogen-bond donors (Lipinski definition) is 1. The second kappa shape index (κ2) is 5.87. The summed E-state index contributed by atoms with van der Waals surface area (Å²) in [6.07, 6.45) is 8.07. The number of rotatable bonds is 3. The molecule has 0 bridgehead atoms. The van der Waals surface area contributed by atoms with E-state index < -0.39 is 0 Å². The number of piperidine rings is 1. The van der Waals surface area contributed by atoms with Gasteiger partial charge in [-0.2, -0.15) is 0 Å². The molecule has 0 saturated carbocycles. The summed E-state index contributed by atoms with van der Waals surface area (Å²) in [7, 11) is 0. The van der Waals surface area contributed by atoms with Gasteiger partial charge >= 0.3 is 0 Å². The standard InChI is InChI=1S/C14H20N2O2/c1-11(15)13-6-2-3-9-16(13)14(17)8-7-12-5-4-10-18-12/h4-5,7-8,10-11,13H,2-3,6,9,15H2,1H3. The van der Waals surface area contributed by atoms with Gasteiger partial charge in [-0.25, -0.2) is 0 Å². The lowest BCUT2D eigenvalue weighted by Gasteiger charge is -2.37. The number of carbonyl (C=O) groups excluding carboxylic acids is 1. The van der Waals surface area contributed by atoms with E-state index >= 15 is 0 Å². The van der Waals surface area contributed by atoms with Crippen LogP contribution in [-0.4, -0.2) is 29.4 Å². The second-order valence-corrected chi connectivity index (χ2v) is 4.80. The van der Waals surface area contributed by atoms with E-state index in [-0.39, 0.29) is 18.0 Å². The predicted molar refractivity (Wildman–Crippen MR) is 70.7 cm³/mol. The van der Waals surface area contributed by atoms with Crippen LogP contribution in [0.1, 0.15) is 31.9 Å². The summed E-state index contributed by atoms with van der Waals surface area (Å²) in [5, 5.41) is 0. The molecule has 0 aliphatic carbocycles. The number of carbonyl (C=O) groups is 1. The summed E-state index contributed by atoms with van der Waals surface area (Å²) in [6, 6.07) is 3.80. The lowest BCUT2D eigenvalue weighted by molar-refractivity contribution is -0.129. The Bertz CT molecular complexity index is 409. The largest absolute Gasteiger partial charge is 0.465 e. The molecule has 4 heteroatoms. The molecule has 2 unspecified atom stereocenters. The molecule has 1 aromatic rings. The van der Waals surface area contributed by atoms with Crippen molar-refractivity contribution in [1.82, 2.24) is 4.90 Å². The van der Waals surface area contributed by atoms with Gasteiger partial charge in [-0.1, -0.05) is 0 Å². The molecule has 98 valence electrons. The molecule has 2 N–H and O–H groups in total. The van der Waals surface area contributed by atoms with Crippen LogP contribution in [0, 0.1) is 0 Å². The van der Waals surface area contributed by atoms with Crippen molar-refractivity contribution in [3.63, 3.8) is 0 Å². The van der Waals surface area contributed by atoms with Crippen molar-refractivity contribution in [2.75, 3.05) is 6.54 Å². The Hall–Kier alpha value is -1.55. The third-order valence-electron chi connectivity index (χ3n) is 3.37. The minimum Gasteiger partial charge on any atom is -0.465 e. The van der Waals surface area contributed by atoms with E-state index in [0.717, 1.165) is 25.8 Å². The van der Waals surface area contributed by atoms with E-state index in [9.17, 15) is 4.79 Å². The van der Waals surface area contributed by atoms with Gasteiger partial charge < -0.3 is 15.1 Å². The summed E-state index contributed by atoms with van der Waals surface area (Å²) in [6.45, 7) is 2.76. The Balaban J connectivity index is 2.02. The predicted octanol–water partition coefficient (Wildman–Crippen LogP) is 2.02. The number of nitrogens with zero attached hydrogens (tertiary/aromatic N) is 1. The van der Waals surface area contributed by atoms with Crippen LogP contribution in [0.3, 0.4) is 0 Å². The quantitative estimate of drug-likeness (QED) is 0.832. The summed E-state index contributed by atoms with van der Waals surface area (Å²) in [5.41, 5.74) is 5.95. The second-order valence-electron chi connectivity index (χ2n) is 4.80. The number of furan rings is 1. The fourth-order valence-corrected chi connectivity index (χ4v) is 2.41. The Labute approximate surface area is 107 Å². The monoisotopic (exact) mass is 248 g/mol. The Morgan fingerprint density at radius 3 is 3.11 bits per heavy atom. The minimum absolute atomic E-state index is 0.0197. The highest BCUT2D eigenvalue weighted by Crippen LogP contribution is 2.19. The zero-order chi connectivity index (χ0) is 13.0. The Morgan fingerprint density at radius 1 is 1.61 bits per heavy atom. The summed E-state index contributed by atoms with van der Waals surface area (Å²) in [5.74, 6) is 0.714. The summed E-state index contributed by atoms with van der Waals surface area (Å²) >= 11 is 0. The third kappa shape index (κ3) is 3.01. The molecular weight excluding hydrogens is 228 g/mol. The highest BCUT2D eigenvalue weighted by Gasteiger charge is 2.27. The molecule has 1 saturated heterocycles. The molecule has 0 spiro atoms. The van der Waals surface area contributed by atoms with E-state index in [1.807, 2.05) is 17.9 Å². The maximum atomic E-state index is 12.2. The van der Waals surface area contributed by atoms with Crippen LogP contribution >= 0.6 is 0 Å². The van der Waals surface area contributed by atoms with E-state index in [2.05, 4.69) is 0 Å². The highest BCUT2D eigenvalue weighted by molar-refractivity contribution is 5.91. The van der Waals surface area contributed by atoms with Crippen molar-refractivity contribution in [2.24, 2.45) is 5.73 Å². The average Bonchev–Trinajstić information content (AvgIpc) is 2.89. The average molecular weight is 248 g/mol. The molecule has 2 rings (SSSR count). The third-order valence-corrected chi connectivity index (χ3v) is 3.37. The SMILES string of the molecule is CC(N)C1CCCCN1C(=O)C=Cc1ccco1. The van der Waals surface area contributed by atoms with Crippen LogP contribution in [0.4, 0.5) is 0 Å². The van der Waals surface area contributed by atoms with Crippen molar-refractivity contribution in [2.45, 2.75) is 38.3 Å². The molecule has 2 atom stereocenters. The van der Waals surface area contributed by atoms with E-state index in [1.54, 1.807) is 24.5 Å². The molecule has 0 radical (unpaired) electrons. The highest BCUT2D eigenvalue weighted by atomic mass is 16.3. The fraction of sp³-hybridized carbons (Fsp3) is 0.500. The van der Waals surface area contributed by atoms with Crippen molar-refractivity contribution < 1.29 is 9.21 Å². The number of nitrogens with two attached hydrogens (primary N) is 1. The van der Waals surface area contributed by atoms with Gasteiger partial charge in [0.2, 0.25) is 5.91 Å². The van der Waals surface area contributed by atoms with Crippen molar-refractivity contribution in [1.29, 1.82) is 0 Å². The first-order valence-electron chi connectivity index (χ1n) is 6.46. The van der Waals surface area contributed by atoms with Crippen LogP contribution in [-0.2, 0) is 4.79 Å². The zero-order valence-corrected chi connectivity index (χ0v) is 10.7. The van der Waals surface area contributed by atoms with Gasteiger partial charge in [0.15, 0.2) is 0 Å². The van der Waals surface area contributed by atoms with Crippen molar-refractivity contribution >= 4 is 12.0 Å². The van der Waals surface area contributed by atoms with Crippen LogP contribution < -0.4 is 5.73 Å². The first-order valence-corrected chi connectivity index (χ1v) is 6.46. The van der Waals surface area contributed by atoms with Crippen molar-refractivity contribution in [3.8, 4) is 0 Å². The minimum atomic E-state index is 0.0197. The van der Waals surface area contributed by atoms with Gasteiger partial charge in [0.05, 0.1) is 6.26 Å². The molecular formula is C14H20N2O2. The number of likely N-dealkylation sites (tertiary alicyclic amines) is 1. The molecule has 0 aromatic carbocycles. The first-order chi connectivity index (χ1) is 8.68. The van der Waals surface area contributed by atoms with Gasteiger partial charge in [-0.3, -0.25) is 4.79 Å². The lowest BCUT2D eigenvalue weighted by Crippen LogP contribution is -2.51. The maximum absolute atomic E-state index is 12.2. The van der Waals surface area contributed by atoms with Crippen LogP contribution in [0.2, 0.25) is 0 Å². The maximum Gasteiger partial charge on any atom is 0.246 e. The van der Waals surface area contributed by atoms with Gasteiger partial charge in [-0.15, -0.1) is 0 Å². The molecule has 4 nitrogen and oxygen atoms in total. The van der Waals surface area contributed by atoms with Gasteiger partial charge in [0.1, 0.15) is 5.76 Å². The van der Waals surface area contributed by atoms with E-state index in [0.29, 0.717) is 5.76 Å². The number of amides is 1. The molecule has 18 heavy (non-hydrogen) atoms. The van der Waals surface area contributed by atoms with Crippen molar-refractivity contribution in [3.05, 3.63) is 30.2 Å². The molecule has 1 aliphatic heterocycles. The van der Waals surface area contributed by atoms with Crippen LogP contribution in [0.5, 0.6) is 0 Å². The molecule has 1 aromatic heterocycles. The molecule has 2 heterocycles. The topological polar surface area (TPSA) is 59.5 Å². The molecule has 1 fully saturated rings. The first kappa shape index (κ1) is 12.9.